The molecule has 0 aromatic heterocycles. The lowest BCUT2D eigenvalue weighted by Gasteiger charge is -2.28. The van der Waals surface area contributed by atoms with Gasteiger partial charge in [0.05, 0.1) is 5.69 Å². The lowest BCUT2D eigenvalue weighted by molar-refractivity contribution is 0.0951. The Labute approximate surface area is 206 Å². The zero-order valence-electron chi connectivity index (χ0n) is 19.9. The number of benzene rings is 3. The van der Waals surface area contributed by atoms with Gasteiger partial charge in [-0.2, -0.15) is 0 Å². The first-order valence-electron chi connectivity index (χ1n) is 12.2. The minimum Gasteiger partial charge on any atom is -0.352 e. The van der Waals surface area contributed by atoms with E-state index in [2.05, 4.69) is 66.5 Å². The second-order valence-corrected chi connectivity index (χ2v) is 10.2. The van der Waals surface area contributed by atoms with Crippen LogP contribution in [0.5, 0.6) is 0 Å². The van der Waals surface area contributed by atoms with Crippen LogP contribution in [0.3, 0.4) is 0 Å². The summed E-state index contributed by atoms with van der Waals surface area (Å²) in [5.41, 5.74) is 7.98. The third-order valence-electron chi connectivity index (χ3n) is 6.62. The maximum atomic E-state index is 12.9. The van der Waals surface area contributed by atoms with Gasteiger partial charge >= 0.3 is 0 Å². The van der Waals surface area contributed by atoms with E-state index in [0.29, 0.717) is 12.1 Å². The van der Waals surface area contributed by atoms with Gasteiger partial charge in [0, 0.05) is 52.8 Å². The highest BCUT2D eigenvalue weighted by Crippen LogP contribution is 2.41. The lowest BCUT2D eigenvalue weighted by Crippen LogP contribution is -2.33. The molecule has 1 N–H and O–H groups in total. The molecule has 0 atom stereocenters. The van der Waals surface area contributed by atoms with E-state index in [1.165, 1.54) is 27.1 Å². The zero-order valence-corrected chi connectivity index (χ0v) is 20.8. The summed E-state index contributed by atoms with van der Waals surface area (Å²) >= 11 is 1.73. The summed E-state index contributed by atoms with van der Waals surface area (Å²) in [5, 5.41) is 3.11. The Morgan fingerprint density at radius 1 is 1.06 bits per heavy atom. The molecule has 34 heavy (non-hydrogen) atoms. The first-order valence-corrected chi connectivity index (χ1v) is 13.0. The standard InChI is InChI=1S/C29H31N3OS/c1-3-25-24-17-20(2)9-11-27(24)34-28-12-10-22(18-26(28)31-25)29(33)30-14-6-15-32-16-13-21-7-4-5-8-23(21)19-32/h4-5,7-12,17-18H,3,6,13-16,19H2,1-2H3,(H,30,33). The van der Waals surface area contributed by atoms with Gasteiger partial charge in [-0.1, -0.05) is 54.6 Å². The van der Waals surface area contributed by atoms with E-state index in [0.717, 1.165) is 55.2 Å². The fourth-order valence-electron chi connectivity index (χ4n) is 4.74. The number of aryl methyl sites for hydroxylation is 1. The lowest BCUT2D eigenvalue weighted by atomic mass is 10.00. The average Bonchev–Trinajstić information content (AvgIpc) is 3.02. The smallest absolute Gasteiger partial charge is 0.251 e. The fourth-order valence-corrected chi connectivity index (χ4v) is 5.74. The summed E-state index contributed by atoms with van der Waals surface area (Å²) in [6.07, 6.45) is 2.91. The van der Waals surface area contributed by atoms with E-state index in [-0.39, 0.29) is 5.91 Å². The fraction of sp³-hybridized carbons (Fsp3) is 0.310. The second-order valence-electron chi connectivity index (χ2n) is 9.10. The Morgan fingerprint density at radius 3 is 2.74 bits per heavy atom. The molecule has 0 spiro atoms. The van der Waals surface area contributed by atoms with Crippen LogP contribution in [0.2, 0.25) is 0 Å². The molecule has 0 unspecified atom stereocenters. The number of hydrogen-bond acceptors (Lipinski definition) is 4. The van der Waals surface area contributed by atoms with Crippen LogP contribution >= 0.6 is 11.8 Å². The van der Waals surface area contributed by atoms with Crippen LogP contribution in [0.25, 0.3) is 0 Å². The first-order chi connectivity index (χ1) is 16.6. The molecule has 0 saturated carbocycles. The van der Waals surface area contributed by atoms with Crippen molar-refractivity contribution in [3.05, 3.63) is 88.5 Å². The molecule has 5 heteroatoms. The minimum atomic E-state index is -0.0253. The van der Waals surface area contributed by atoms with Crippen molar-refractivity contribution in [2.75, 3.05) is 19.6 Å². The van der Waals surface area contributed by atoms with E-state index >= 15 is 0 Å². The van der Waals surface area contributed by atoms with Gasteiger partial charge in [0.2, 0.25) is 0 Å². The number of rotatable bonds is 6. The molecule has 1 amide bonds. The molecule has 2 aliphatic rings. The van der Waals surface area contributed by atoms with E-state index < -0.39 is 0 Å². The van der Waals surface area contributed by atoms with Crippen molar-refractivity contribution in [3.63, 3.8) is 0 Å². The van der Waals surface area contributed by atoms with Crippen LogP contribution in [-0.4, -0.2) is 36.2 Å². The molecular formula is C29H31N3OS. The topological polar surface area (TPSA) is 44.7 Å². The Bertz CT molecular complexity index is 1250. The average molecular weight is 470 g/mol. The molecule has 3 aromatic rings. The summed E-state index contributed by atoms with van der Waals surface area (Å²) in [6.45, 7) is 8.02. The van der Waals surface area contributed by atoms with Gasteiger partial charge in [-0.3, -0.25) is 14.7 Å². The van der Waals surface area contributed by atoms with Gasteiger partial charge < -0.3 is 5.32 Å². The second kappa shape index (κ2) is 10.2. The summed E-state index contributed by atoms with van der Waals surface area (Å²) in [6, 6.07) is 21.1. The molecular weight excluding hydrogens is 438 g/mol. The number of nitrogens with one attached hydrogen (secondary N) is 1. The third kappa shape index (κ3) is 4.96. The summed E-state index contributed by atoms with van der Waals surface area (Å²) in [5.74, 6) is -0.0253. The number of hydrogen-bond donors (Lipinski definition) is 1. The Hall–Kier alpha value is -2.89. The molecule has 0 radical (unpaired) electrons. The Morgan fingerprint density at radius 2 is 1.88 bits per heavy atom. The quantitative estimate of drug-likeness (QED) is 0.439. The molecule has 0 aliphatic carbocycles. The molecule has 174 valence electrons. The van der Waals surface area contributed by atoms with Gasteiger partial charge in [0.25, 0.3) is 5.91 Å². The molecule has 0 saturated heterocycles. The third-order valence-corrected chi connectivity index (χ3v) is 7.76. The highest BCUT2D eigenvalue weighted by molar-refractivity contribution is 7.99. The largest absolute Gasteiger partial charge is 0.352 e. The normalized spacial score (nSPS) is 14.9. The van der Waals surface area contributed by atoms with Crippen molar-refractivity contribution in [3.8, 4) is 0 Å². The first kappa shape index (κ1) is 22.9. The zero-order chi connectivity index (χ0) is 23.5. The molecule has 0 bridgehead atoms. The highest BCUT2D eigenvalue weighted by atomic mass is 32.2. The van der Waals surface area contributed by atoms with Crippen LogP contribution in [0.1, 0.15) is 52.4 Å². The van der Waals surface area contributed by atoms with Gasteiger partial charge in [-0.25, -0.2) is 0 Å². The molecule has 2 aliphatic heterocycles. The number of amides is 1. The van der Waals surface area contributed by atoms with Crippen molar-refractivity contribution < 1.29 is 4.79 Å². The number of carbonyl (C=O) groups is 1. The van der Waals surface area contributed by atoms with Crippen molar-refractivity contribution in [1.82, 2.24) is 10.2 Å². The van der Waals surface area contributed by atoms with Crippen LogP contribution in [-0.2, 0) is 13.0 Å². The monoisotopic (exact) mass is 469 g/mol. The van der Waals surface area contributed by atoms with Crippen molar-refractivity contribution in [1.29, 1.82) is 0 Å². The van der Waals surface area contributed by atoms with Gasteiger partial charge in [-0.15, -0.1) is 0 Å². The van der Waals surface area contributed by atoms with E-state index in [1.54, 1.807) is 11.8 Å². The number of carbonyl (C=O) groups excluding carboxylic acids is 1. The molecule has 4 nitrogen and oxygen atoms in total. The van der Waals surface area contributed by atoms with E-state index in [1.807, 2.05) is 18.2 Å². The van der Waals surface area contributed by atoms with E-state index in [9.17, 15) is 4.79 Å². The predicted octanol–water partition coefficient (Wildman–Crippen LogP) is 6.17. The predicted molar refractivity (Wildman–Crippen MR) is 141 cm³/mol. The van der Waals surface area contributed by atoms with Gasteiger partial charge in [0.15, 0.2) is 0 Å². The van der Waals surface area contributed by atoms with Crippen LogP contribution in [0.4, 0.5) is 5.69 Å². The maximum Gasteiger partial charge on any atom is 0.251 e. The molecule has 5 rings (SSSR count). The van der Waals surface area contributed by atoms with E-state index in [4.69, 9.17) is 4.99 Å². The number of aliphatic imine (C=N–C) groups is 1. The van der Waals surface area contributed by atoms with Crippen LogP contribution < -0.4 is 5.32 Å². The van der Waals surface area contributed by atoms with Crippen molar-refractivity contribution >= 4 is 29.1 Å². The SMILES string of the molecule is CCC1=Nc2cc(C(=O)NCCCN3CCc4ccccc4C3)ccc2Sc2ccc(C)cc21. The van der Waals surface area contributed by atoms with Crippen LogP contribution in [0.15, 0.2) is 75.4 Å². The summed E-state index contributed by atoms with van der Waals surface area (Å²) < 4.78 is 0. The number of nitrogens with zero attached hydrogens (tertiary/aromatic N) is 2. The molecule has 3 aromatic carbocycles. The summed E-state index contributed by atoms with van der Waals surface area (Å²) in [4.78, 5) is 22.6. The highest BCUT2D eigenvalue weighted by Gasteiger charge is 2.19. The summed E-state index contributed by atoms with van der Waals surface area (Å²) in [7, 11) is 0. The van der Waals surface area contributed by atoms with Crippen LogP contribution in [0, 0.1) is 6.92 Å². The van der Waals surface area contributed by atoms with Crippen molar-refractivity contribution in [2.24, 2.45) is 4.99 Å². The van der Waals surface area contributed by atoms with Gasteiger partial charge in [0.1, 0.15) is 0 Å². The maximum absolute atomic E-state index is 12.9. The minimum absolute atomic E-state index is 0.0253. The van der Waals surface area contributed by atoms with Crippen molar-refractivity contribution in [2.45, 2.75) is 49.4 Å². The molecule has 0 fully saturated rings. The Kier molecular flexibility index (Phi) is 6.84. The Balaban J connectivity index is 1.20. The van der Waals surface area contributed by atoms with Gasteiger partial charge in [-0.05, 0) is 67.6 Å². The molecule has 2 heterocycles. The number of fused-ring (bicyclic) bond motifs is 3.